The molecular formula is H4BPSiVZn. The summed E-state index contributed by atoms with van der Waals surface area (Å²) in [5.41, 5.74) is 0. The van der Waals surface area contributed by atoms with Crippen LogP contribution >= 0.6 is 8.79 Å². The Kier molecular flexibility index (Phi) is 53.1. The van der Waals surface area contributed by atoms with Crippen LogP contribution in [-0.4, -0.2) is 16.5 Å². The molecule has 0 saturated heterocycles. The van der Waals surface area contributed by atoms with Gasteiger partial charge in [-0.25, -0.2) is 0 Å². The van der Waals surface area contributed by atoms with Crippen molar-refractivity contribution in [2.75, 3.05) is 0 Å². The second-order valence-electron chi connectivity index (χ2n) is 0.236. The van der Waals surface area contributed by atoms with Crippen molar-refractivity contribution in [1.82, 2.24) is 0 Å². The molecule has 0 aromatic heterocycles. The first-order valence-corrected chi connectivity index (χ1v) is 4.90. The Morgan fingerprint density at radius 1 is 1.60 bits per heavy atom. The summed E-state index contributed by atoms with van der Waals surface area (Å²) in [5.74, 6) is 0. The molecule has 3 radical (unpaired) electrons. The molecule has 0 aliphatic carbocycles. The molecule has 23 valence electrons. The van der Waals surface area contributed by atoms with Crippen molar-refractivity contribution in [2.45, 2.75) is 0 Å². The Morgan fingerprint density at radius 3 is 1.60 bits per heavy atom. The van der Waals surface area contributed by atoms with Gasteiger partial charge >= 0.3 is 0 Å². The molecule has 0 spiro atoms. The fourth-order valence-corrected chi connectivity index (χ4v) is 0. The van der Waals surface area contributed by atoms with Crippen LogP contribution in [0, 0.1) is 0 Å². The molecule has 1 unspecified atom stereocenters. The molecule has 0 aliphatic heterocycles. The van der Waals surface area contributed by atoms with E-state index in [1.807, 2.05) is 0 Å². The van der Waals surface area contributed by atoms with Gasteiger partial charge in [0.25, 0.3) is 0 Å². The summed E-state index contributed by atoms with van der Waals surface area (Å²) in [6, 6.07) is 0. The zero-order valence-corrected chi connectivity index (χ0v) is 9.95. The van der Waals surface area contributed by atoms with Crippen LogP contribution in [-0.2, 0) is 38.0 Å². The van der Waals surface area contributed by atoms with Crippen LogP contribution < -0.4 is 0 Å². The van der Waals surface area contributed by atoms with Crippen molar-refractivity contribution in [2.24, 2.45) is 0 Å². The molecule has 0 bridgehead atoms. The molecule has 0 N–H and O–H groups in total. The third-order valence-electron chi connectivity index (χ3n) is 0. The Bertz CT molecular complexity index is 11.6. The third-order valence-corrected chi connectivity index (χ3v) is 0. The maximum absolute atomic E-state index is 4.95. The van der Waals surface area contributed by atoms with E-state index >= 15 is 0 Å². The minimum atomic E-state index is -0.167. The minimum Gasteiger partial charge on any atom is -0.164 e. The Labute approximate surface area is 63.1 Å². The fraction of sp³-hybridized carbons (Fsp3) is 0. The first kappa shape index (κ1) is 15.8. The molecule has 0 nitrogen and oxygen atoms in total. The molecule has 0 saturated carbocycles. The zero-order chi connectivity index (χ0) is 2.71. The maximum Gasteiger partial charge on any atom is 0.0537 e. The SMILES string of the molecule is [B][SiH2]P.[V].[Zn]. The van der Waals surface area contributed by atoms with Gasteiger partial charge in [0.15, 0.2) is 0 Å². The van der Waals surface area contributed by atoms with Crippen LogP contribution in [0.4, 0.5) is 0 Å². The molecule has 0 rings (SSSR count). The zero-order valence-electron chi connectivity index (χ0n) is 3.02. The van der Waals surface area contributed by atoms with Gasteiger partial charge in [-0.3, -0.25) is 0 Å². The van der Waals surface area contributed by atoms with E-state index < -0.39 is 0 Å². The van der Waals surface area contributed by atoms with E-state index in [0.29, 0.717) is 0 Å². The third kappa shape index (κ3) is 24.7. The van der Waals surface area contributed by atoms with E-state index in [0.717, 1.165) is 0 Å². The Balaban J connectivity index is -0.0000000200. The Hall–Kier alpha value is 1.92. The van der Waals surface area contributed by atoms with E-state index in [9.17, 15) is 0 Å². The van der Waals surface area contributed by atoms with Crippen LogP contribution in [0.1, 0.15) is 0 Å². The molecule has 1 atom stereocenters. The summed E-state index contributed by atoms with van der Waals surface area (Å²) in [6.45, 7) is 0. The maximum atomic E-state index is 4.95. The van der Waals surface area contributed by atoms with Crippen LogP contribution in [0.3, 0.4) is 0 Å². The summed E-state index contributed by atoms with van der Waals surface area (Å²) < 4.78 is 0. The van der Waals surface area contributed by atoms with E-state index in [2.05, 4.69) is 8.79 Å². The Morgan fingerprint density at radius 2 is 1.60 bits per heavy atom. The summed E-state index contributed by atoms with van der Waals surface area (Å²) in [7, 11) is 7.28. The fourth-order valence-electron chi connectivity index (χ4n) is 0. The number of hydrogen-bond acceptors (Lipinski definition) is 0. The van der Waals surface area contributed by atoms with Gasteiger partial charge in [0.05, 0.1) is 7.44 Å². The van der Waals surface area contributed by atoms with Crippen LogP contribution in [0.25, 0.3) is 0 Å². The number of rotatable bonds is 0. The summed E-state index contributed by atoms with van der Waals surface area (Å²) in [6.07, 6.45) is 0. The average Bonchev–Trinajstić information content (AvgIpc) is 0.918. The minimum absolute atomic E-state index is 0. The van der Waals surface area contributed by atoms with Gasteiger partial charge in [-0.2, -0.15) is 8.79 Å². The van der Waals surface area contributed by atoms with Gasteiger partial charge in [0, 0.05) is 38.0 Å². The summed E-state index contributed by atoms with van der Waals surface area (Å²) in [4.78, 5) is 0. The molecule has 5 heavy (non-hydrogen) atoms. The van der Waals surface area contributed by atoms with Crippen molar-refractivity contribution in [3.8, 4) is 0 Å². The second-order valence-corrected chi connectivity index (χ2v) is 2.12. The standard InChI is InChI=1S/BH4PSi.V.Zn/c1-3-2;;/h2-3H2;;. The van der Waals surface area contributed by atoms with Crippen molar-refractivity contribution < 1.29 is 38.0 Å². The molecule has 0 aliphatic rings. The molecule has 0 aromatic rings. The molecule has 0 amide bonds. The van der Waals surface area contributed by atoms with Crippen molar-refractivity contribution in [3.63, 3.8) is 0 Å². The van der Waals surface area contributed by atoms with Gasteiger partial charge < -0.3 is 0 Å². The number of hydrogen-bond donors (Lipinski definition) is 0. The second kappa shape index (κ2) is 16.8. The monoisotopic (exact) mass is 189 g/mol. The largest absolute Gasteiger partial charge is 0.164 e. The molecule has 0 aromatic carbocycles. The first-order chi connectivity index (χ1) is 1.41. The topological polar surface area (TPSA) is 0 Å². The van der Waals surface area contributed by atoms with Gasteiger partial charge in [0.1, 0.15) is 0 Å². The molecule has 0 heterocycles. The van der Waals surface area contributed by atoms with Gasteiger partial charge in [-0.1, -0.05) is 0 Å². The van der Waals surface area contributed by atoms with Crippen LogP contribution in [0.2, 0.25) is 0 Å². The quantitative estimate of drug-likeness (QED) is 0.340. The molecule has 0 fully saturated rings. The van der Waals surface area contributed by atoms with Crippen LogP contribution in [0.15, 0.2) is 0 Å². The van der Waals surface area contributed by atoms with E-state index in [1.165, 1.54) is 0 Å². The molecule has 5 heteroatoms. The van der Waals surface area contributed by atoms with E-state index in [-0.39, 0.29) is 47.1 Å². The predicted octanol–water partition coefficient (Wildman–Crippen LogP) is -0.976. The summed E-state index contributed by atoms with van der Waals surface area (Å²) in [5, 5.41) is 0. The van der Waals surface area contributed by atoms with Crippen molar-refractivity contribution >= 4 is 25.3 Å². The first-order valence-electron chi connectivity index (χ1n) is 0.816. The normalized spacial score (nSPS) is 5.80. The average molecular weight is 190 g/mol. The van der Waals surface area contributed by atoms with E-state index in [4.69, 9.17) is 7.44 Å². The van der Waals surface area contributed by atoms with Gasteiger partial charge in [-0.15, -0.1) is 0 Å². The predicted molar refractivity (Wildman–Crippen MR) is 24.0 cm³/mol. The van der Waals surface area contributed by atoms with Crippen molar-refractivity contribution in [1.29, 1.82) is 0 Å². The smallest absolute Gasteiger partial charge is 0.0537 e. The van der Waals surface area contributed by atoms with Gasteiger partial charge in [0.2, 0.25) is 0 Å². The van der Waals surface area contributed by atoms with Crippen LogP contribution in [0.5, 0.6) is 0 Å². The van der Waals surface area contributed by atoms with Gasteiger partial charge in [-0.05, 0) is 9.06 Å². The molecular weight excluding hydrogens is 186 g/mol. The van der Waals surface area contributed by atoms with E-state index in [1.54, 1.807) is 0 Å². The summed E-state index contributed by atoms with van der Waals surface area (Å²) >= 11 is 0. The van der Waals surface area contributed by atoms with Crippen molar-refractivity contribution in [3.05, 3.63) is 0 Å².